The second-order valence-electron chi connectivity index (χ2n) is 15.7. The molecule has 63 heavy (non-hydrogen) atoms. The van der Waals surface area contributed by atoms with Crippen molar-refractivity contribution < 1.29 is 44.3 Å². The number of ether oxygens (including phenoxy) is 1. The summed E-state index contributed by atoms with van der Waals surface area (Å²) in [6.45, 7) is 3.60. The van der Waals surface area contributed by atoms with Crippen LogP contribution in [-0.4, -0.2) is 96.8 Å². The molecule has 18 heteroatoms. The van der Waals surface area contributed by atoms with Crippen LogP contribution in [0, 0.1) is 5.41 Å². The molecule has 6 rings (SSSR count). The molecule has 326 valence electrons. The summed E-state index contributed by atoms with van der Waals surface area (Å²) in [4.78, 5) is 77.8. The molecular formula is C45H46N8O9S. The van der Waals surface area contributed by atoms with Gasteiger partial charge >= 0.3 is 23.9 Å². The van der Waals surface area contributed by atoms with Crippen molar-refractivity contribution in [2.24, 2.45) is 10.4 Å². The van der Waals surface area contributed by atoms with Crippen molar-refractivity contribution >= 4 is 41.3 Å². The number of aromatic nitrogens is 5. The van der Waals surface area contributed by atoms with Crippen molar-refractivity contribution in [2.75, 3.05) is 6.61 Å². The maximum Gasteiger partial charge on any atom is 0.354 e. The molecule has 0 radical (unpaired) electrons. The molecule has 1 aliphatic rings. The van der Waals surface area contributed by atoms with Crippen LogP contribution in [0.15, 0.2) is 89.9 Å². The van der Waals surface area contributed by atoms with E-state index in [0.717, 1.165) is 32.1 Å². The Hall–Kier alpha value is -6.85. The first kappa shape index (κ1) is 45.7. The van der Waals surface area contributed by atoms with E-state index >= 15 is 0 Å². The van der Waals surface area contributed by atoms with E-state index in [9.17, 15) is 39.6 Å². The molecule has 0 saturated heterocycles. The van der Waals surface area contributed by atoms with Gasteiger partial charge in [0.15, 0.2) is 0 Å². The smallest absolute Gasteiger partial charge is 0.354 e. The van der Waals surface area contributed by atoms with Crippen molar-refractivity contribution in [1.29, 1.82) is 0 Å². The fourth-order valence-corrected chi connectivity index (χ4v) is 7.64. The molecule has 0 unspecified atom stereocenters. The Kier molecular flexibility index (Phi) is 15.4. The molecule has 0 aromatic carbocycles. The molecule has 0 aliphatic heterocycles. The van der Waals surface area contributed by atoms with Crippen LogP contribution >= 0.6 is 12.2 Å². The highest BCUT2D eigenvalue weighted by molar-refractivity contribution is 7.78. The zero-order valence-electron chi connectivity index (χ0n) is 34.5. The lowest BCUT2D eigenvalue weighted by Gasteiger charge is -2.35. The molecule has 1 fully saturated rings. The zero-order chi connectivity index (χ0) is 44.9. The summed E-state index contributed by atoms with van der Waals surface area (Å²) in [5, 5.41) is 41.1. The van der Waals surface area contributed by atoms with Crippen LogP contribution in [-0.2, 0) is 39.3 Å². The number of carboxylic acids is 4. The highest BCUT2D eigenvalue weighted by atomic mass is 32.1. The molecule has 4 N–H and O–H groups in total. The van der Waals surface area contributed by atoms with Crippen molar-refractivity contribution in [1.82, 2.24) is 34.7 Å². The normalized spacial score (nSPS) is 16.0. The van der Waals surface area contributed by atoms with Gasteiger partial charge in [-0.05, 0) is 98.3 Å². The molecule has 5 aromatic rings. The van der Waals surface area contributed by atoms with Gasteiger partial charge in [-0.2, -0.15) is 0 Å². The number of pyridine rings is 5. The first-order valence-corrected chi connectivity index (χ1v) is 20.6. The first-order valence-electron chi connectivity index (χ1n) is 20.2. The maximum atomic E-state index is 11.8. The number of aromatic carboxylic acids is 4. The molecule has 0 spiro atoms. The highest BCUT2D eigenvalue weighted by Crippen LogP contribution is 2.40. The summed E-state index contributed by atoms with van der Waals surface area (Å²) in [7, 11) is 0. The minimum atomic E-state index is -1.18. The van der Waals surface area contributed by atoms with Gasteiger partial charge in [-0.3, -0.25) is 14.8 Å². The van der Waals surface area contributed by atoms with Gasteiger partial charge in [-0.1, -0.05) is 31.2 Å². The van der Waals surface area contributed by atoms with Crippen LogP contribution in [0.4, 0.5) is 0 Å². The van der Waals surface area contributed by atoms with E-state index in [1.54, 1.807) is 48.5 Å². The monoisotopic (exact) mass is 874 g/mol. The average molecular weight is 875 g/mol. The Morgan fingerprint density at radius 2 is 0.968 bits per heavy atom. The zero-order valence-corrected chi connectivity index (χ0v) is 35.3. The molecule has 0 bridgehead atoms. The topological polar surface area (TPSA) is 242 Å². The minimum Gasteiger partial charge on any atom is -0.493 e. The van der Waals surface area contributed by atoms with Gasteiger partial charge in [0.05, 0.1) is 52.0 Å². The number of thiocarbonyl (C=S) groups is 1. The number of aliphatic imine (C=N–C) groups is 1. The van der Waals surface area contributed by atoms with Gasteiger partial charge < -0.3 is 25.2 Å². The van der Waals surface area contributed by atoms with Gasteiger partial charge in [-0.25, -0.2) is 44.1 Å². The third kappa shape index (κ3) is 13.6. The first-order chi connectivity index (χ1) is 30.2. The summed E-state index contributed by atoms with van der Waals surface area (Å²) >= 11 is 4.83. The standard InChI is InChI=1S/C45H46N8O9S/c1-45(16-14-29(15-17-45)46-28-63)18-19-62-36-20-34(26-52(22-30-6-2-10-37(48-30)41(54)55)23-31-7-3-11-38(49-31)42(56)57)47-35(21-36)27-53(24-32-8-4-12-39(50-32)43(58)59)25-33-9-5-13-40(51-33)44(60)61/h2-13,20-21,29H,14-19,22-27H2,1H3,(H,54,55)(H,56,57)(H,58,59)(H,60,61). The summed E-state index contributed by atoms with van der Waals surface area (Å²) in [6.07, 6.45) is 4.53. The van der Waals surface area contributed by atoms with Crippen LogP contribution in [0.1, 0.15) is 115 Å². The third-order valence-corrected chi connectivity index (χ3v) is 10.8. The molecule has 0 atom stereocenters. The summed E-state index contributed by atoms with van der Waals surface area (Å²) in [5.41, 5.74) is 2.45. The number of hydrogen-bond donors (Lipinski definition) is 4. The molecule has 0 amide bonds. The van der Waals surface area contributed by atoms with E-state index < -0.39 is 23.9 Å². The molecule has 5 aromatic heterocycles. The van der Waals surface area contributed by atoms with Crippen LogP contribution in [0.25, 0.3) is 0 Å². The molecule has 1 aliphatic carbocycles. The molecule has 5 heterocycles. The fourth-order valence-electron chi connectivity index (χ4n) is 7.49. The summed E-state index contributed by atoms with van der Waals surface area (Å²) in [6, 6.07) is 22.6. The van der Waals surface area contributed by atoms with E-state index in [2.05, 4.69) is 37.0 Å². The van der Waals surface area contributed by atoms with Gasteiger partial charge in [-0.15, -0.1) is 0 Å². The van der Waals surface area contributed by atoms with Crippen LogP contribution in [0.2, 0.25) is 0 Å². The van der Waals surface area contributed by atoms with Crippen LogP contribution in [0.3, 0.4) is 0 Å². The van der Waals surface area contributed by atoms with Gasteiger partial charge in [0.25, 0.3) is 0 Å². The summed E-state index contributed by atoms with van der Waals surface area (Å²) in [5.74, 6) is -4.19. The third-order valence-electron chi connectivity index (χ3n) is 10.7. The number of carbonyl (C=O) groups is 4. The fraction of sp³-hybridized carbons (Fsp3) is 0.333. The lowest BCUT2D eigenvalue weighted by molar-refractivity contribution is 0.0679. The molecule has 1 saturated carbocycles. The molecular weight excluding hydrogens is 829 g/mol. The van der Waals surface area contributed by atoms with E-state index in [0.29, 0.717) is 46.5 Å². The minimum absolute atomic E-state index is 0.0315. The Balaban J connectivity index is 1.35. The van der Waals surface area contributed by atoms with E-state index in [4.69, 9.17) is 21.9 Å². The summed E-state index contributed by atoms with van der Waals surface area (Å²) < 4.78 is 6.49. The lowest BCUT2D eigenvalue weighted by Crippen LogP contribution is -2.28. The highest BCUT2D eigenvalue weighted by Gasteiger charge is 2.31. The van der Waals surface area contributed by atoms with Gasteiger partial charge in [0.2, 0.25) is 0 Å². The van der Waals surface area contributed by atoms with Crippen molar-refractivity contribution in [3.8, 4) is 5.75 Å². The quantitative estimate of drug-likeness (QED) is 0.0444. The number of rotatable bonds is 21. The van der Waals surface area contributed by atoms with Crippen molar-refractivity contribution in [3.63, 3.8) is 0 Å². The SMILES string of the molecule is CC1(CCOc2cc(CN(Cc3cccc(C(=O)O)n3)Cc3cccc(C(=O)O)n3)nc(CN(Cc3cccc(C(=O)O)n3)Cc3cccc(C(=O)O)n3)c2)CCC(N=C=S)CC1. The predicted molar refractivity (Wildman–Crippen MR) is 230 cm³/mol. The number of nitrogens with zero attached hydrogens (tertiary/aromatic N) is 8. The average Bonchev–Trinajstić information content (AvgIpc) is 3.25. The van der Waals surface area contributed by atoms with Gasteiger partial charge in [0, 0.05) is 51.4 Å². The second-order valence-corrected chi connectivity index (χ2v) is 15.9. The number of isothiocyanates is 1. The van der Waals surface area contributed by atoms with Crippen molar-refractivity contribution in [3.05, 3.63) is 142 Å². The van der Waals surface area contributed by atoms with E-state index in [1.807, 2.05) is 21.9 Å². The maximum absolute atomic E-state index is 11.8. The number of carboxylic acid groups (broad SMARTS) is 4. The van der Waals surface area contributed by atoms with Crippen LogP contribution in [0.5, 0.6) is 5.75 Å². The second kappa shape index (κ2) is 21.3. The largest absolute Gasteiger partial charge is 0.493 e. The van der Waals surface area contributed by atoms with Crippen LogP contribution < -0.4 is 4.74 Å². The Bertz CT molecular complexity index is 2250. The predicted octanol–water partition coefficient (Wildman–Crippen LogP) is 6.68. The lowest BCUT2D eigenvalue weighted by atomic mass is 9.72. The molecule has 17 nitrogen and oxygen atoms in total. The van der Waals surface area contributed by atoms with Gasteiger partial charge in [0.1, 0.15) is 28.5 Å². The Morgan fingerprint density at radius 1 is 0.619 bits per heavy atom. The van der Waals surface area contributed by atoms with E-state index in [-0.39, 0.29) is 73.5 Å². The Morgan fingerprint density at radius 3 is 1.30 bits per heavy atom. The van der Waals surface area contributed by atoms with Crippen molar-refractivity contribution in [2.45, 2.75) is 84.3 Å². The Labute approximate surface area is 368 Å². The van der Waals surface area contributed by atoms with E-state index in [1.165, 1.54) is 24.3 Å². The number of hydrogen-bond acceptors (Lipinski definition) is 14.